The van der Waals surface area contributed by atoms with Gasteiger partial charge in [0, 0.05) is 65.7 Å². The quantitative estimate of drug-likeness (QED) is 0.318. The van der Waals surface area contributed by atoms with E-state index in [2.05, 4.69) is 20.3 Å². The molecule has 2 saturated heterocycles. The van der Waals surface area contributed by atoms with Gasteiger partial charge in [-0.25, -0.2) is 14.4 Å². The molecule has 9 heteroatoms. The molecule has 1 aliphatic carbocycles. The second kappa shape index (κ2) is 10.7. The van der Waals surface area contributed by atoms with Gasteiger partial charge < -0.3 is 14.8 Å². The lowest BCUT2D eigenvalue weighted by atomic mass is 9.88. The SMILES string of the molecule is CC(C)c1ncncc1-c1cc(F)ccc1-n1cc(C(=O)C2CCN(C(=O)[C@H]3N[C@@H]4CC[C@H]3C4)CC2)c2ccncc21. The number of rotatable bonds is 6. The van der Waals surface area contributed by atoms with Crippen molar-refractivity contribution in [1.29, 1.82) is 0 Å². The number of fused-ring (bicyclic) bond motifs is 3. The summed E-state index contributed by atoms with van der Waals surface area (Å²) in [5.41, 5.74) is 4.35. The van der Waals surface area contributed by atoms with Crippen LogP contribution in [0.15, 0.2) is 55.4 Å². The van der Waals surface area contributed by atoms with Crippen LogP contribution in [0.5, 0.6) is 0 Å². The highest BCUT2D eigenvalue weighted by atomic mass is 19.1. The average Bonchev–Trinajstić information content (AvgIpc) is 3.76. The number of ketones is 1. The average molecular weight is 567 g/mol. The molecule has 5 heterocycles. The monoisotopic (exact) mass is 566 g/mol. The molecular formula is C33H35FN6O2. The standard InChI is InChI=1S/C33H35FN6O2/c1-19(2)30-26(15-36-18-37-30)25-14-22(34)4-6-28(25)40-17-27(24-7-10-35-16-29(24)40)32(41)20-8-11-39(12-9-20)33(42)31-21-3-5-23(13-21)38-31/h4,6-7,10,14-21,23,31,38H,3,5,8-9,11-13H2,1-2H3/t21-,23+,31-/m0/s1. The first-order chi connectivity index (χ1) is 20.4. The normalized spacial score (nSPS) is 22.4. The van der Waals surface area contributed by atoms with E-state index >= 15 is 0 Å². The van der Waals surface area contributed by atoms with E-state index in [9.17, 15) is 14.0 Å². The molecule has 42 heavy (non-hydrogen) atoms. The first kappa shape index (κ1) is 26.9. The maximum absolute atomic E-state index is 14.7. The van der Waals surface area contributed by atoms with Gasteiger partial charge in [0.2, 0.25) is 5.91 Å². The molecule has 2 bridgehead atoms. The number of benzene rings is 1. The molecule has 1 amide bonds. The van der Waals surface area contributed by atoms with Gasteiger partial charge in [-0.15, -0.1) is 0 Å². The largest absolute Gasteiger partial charge is 0.341 e. The number of aromatic nitrogens is 4. The highest BCUT2D eigenvalue weighted by molar-refractivity contribution is 6.09. The van der Waals surface area contributed by atoms with Gasteiger partial charge >= 0.3 is 0 Å². The number of Topliss-reactive ketones (excluding diaryl/α,β-unsaturated/α-hetero) is 1. The second-order valence-electron chi connectivity index (χ2n) is 12.3. The van der Waals surface area contributed by atoms with Gasteiger partial charge in [-0.2, -0.15) is 0 Å². The summed E-state index contributed by atoms with van der Waals surface area (Å²) in [6.45, 7) is 5.28. The third-order valence-corrected chi connectivity index (χ3v) is 9.47. The molecule has 0 unspecified atom stereocenters. The van der Waals surface area contributed by atoms with Gasteiger partial charge in [0.05, 0.1) is 29.1 Å². The van der Waals surface area contributed by atoms with Crippen LogP contribution in [0.2, 0.25) is 0 Å². The van der Waals surface area contributed by atoms with Crippen LogP contribution in [0.1, 0.15) is 67.9 Å². The minimum Gasteiger partial charge on any atom is -0.341 e. The molecule has 2 aliphatic heterocycles. The molecule has 1 N–H and O–H groups in total. The third-order valence-electron chi connectivity index (χ3n) is 9.47. The Bertz CT molecular complexity index is 1670. The van der Waals surface area contributed by atoms with Crippen LogP contribution in [0.25, 0.3) is 27.7 Å². The Morgan fingerprint density at radius 3 is 2.60 bits per heavy atom. The number of likely N-dealkylation sites (tertiary alicyclic amines) is 1. The summed E-state index contributed by atoms with van der Waals surface area (Å²) in [4.78, 5) is 42.3. The van der Waals surface area contributed by atoms with Gasteiger partial charge in [0.1, 0.15) is 12.1 Å². The number of carbonyl (C=O) groups is 2. The Balaban J connectivity index is 1.19. The van der Waals surface area contributed by atoms with Crippen molar-refractivity contribution in [3.05, 3.63) is 72.5 Å². The van der Waals surface area contributed by atoms with E-state index in [0.29, 0.717) is 49.0 Å². The summed E-state index contributed by atoms with van der Waals surface area (Å²) < 4.78 is 16.6. The molecule has 8 nitrogen and oxygen atoms in total. The second-order valence-corrected chi connectivity index (χ2v) is 12.3. The van der Waals surface area contributed by atoms with Crippen molar-refractivity contribution in [3.8, 4) is 16.8 Å². The summed E-state index contributed by atoms with van der Waals surface area (Å²) in [5.74, 6) is 0.306. The maximum Gasteiger partial charge on any atom is 0.240 e. The minimum absolute atomic E-state index is 0.0578. The molecule has 4 aromatic rings. The molecule has 1 saturated carbocycles. The van der Waals surface area contributed by atoms with E-state index in [4.69, 9.17) is 0 Å². The fourth-order valence-corrected chi connectivity index (χ4v) is 7.32. The number of hydrogen-bond donors (Lipinski definition) is 1. The number of hydrogen-bond acceptors (Lipinski definition) is 6. The van der Waals surface area contributed by atoms with Crippen molar-refractivity contribution in [2.45, 2.75) is 64.0 Å². The van der Waals surface area contributed by atoms with Crippen LogP contribution >= 0.6 is 0 Å². The summed E-state index contributed by atoms with van der Waals surface area (Å²) in [7, 11) is 0. The number of amides is 1. The first-order valence-corrected chi connectivity index (χ1v) is 15.0. The molecule has 3 aliphatic rings. The van der Waals surface area contributed by atoms with E-state index < -0.39 is 0 Å². The van der Waals surface area contributed by atoms with E-state index in [-0.39, 0.29) is 35.4 Å². The Hall–Kier alpha value is -3.98. The molecule has 3 aromatic heterocycles. The lowest BCUT2D eigenvalue weighted by Crippen LogP contribution is -2.51. The fraction of sp³-hybridized carbons (Fsp3) is 0.424. The predicted octanol–water partition coefficient (Wildman–Crippen LogP) is 5.31. The molecule has 0 radical (unpaired) electrons. The molecular weight excluding hydrogens is 531 g/mol. The van der Waals surface area contributed by atoms with E-state index in [0.717, 1.165) is 40.7 Å². The van der Waals surface area contributed by atoms with Crippen molar-refractivity contribution in [2.24, 2.45) is 11.8 Å². The fourth-order valence-electron chi connectivity index (χ4n) is 7.32. The van der Waals surface area contributed by atoms with Gasteiger partial charge in [-0.3, -0.25) is 14.6 Å². The minimum atomic E-state index is -0.361. The van der Waals surface area contributed by atoms with Crippen molar-refractivity contribution in [1.82, 2.24) is 29.7 Å². The van der Waals surface area contributed by atoms with Crippen molar-refractivity contribution in [3.63, 3.8) is 0 Å². The number of carbonyl (C=O) groups excluding carboxylic acids is 2. The molecule has 1 aromatic carbocycles. The molecule has 7 rings (SSSR count). The lowest BCUT2D eigenvalue weighted by Gasteiger charge is -2.35. The molecule has 216 valence electrons. The zero-order valence-electron chi connectivity index (χ0n) is 24.0. The summed E-state index contributed by atoms with van der Waals surface area (Å²) in [6, 6.07) is 6.96. The Morgan fingerprint density at radius 2 is 1.86 bits per heavy atom. The topological polar surface area (TPSA) is 93.0 Å². The van der Waals surface area contributed by atoms with Gasteiger partial charge in [0.25, 0.3) is 0 Å². The number of piperidine rings is 2. The lowest BCUT2D eigenvalue weighted by molar-refractivity contribution is -0.135. The van der Waals surface area contributed by atoms with Crippen molar-refractivity contribution < 1.29 is 14.0 Å². The Kier molecular flexibility index (Phi) is 6.85. The zero-order valence-corrected chi connectivity index (χ0v) is 24.0. The zero-order chi connectivity index (χ0) is 29.0. The Morgan fingerprint density at radius 1 is 1.02 bits per heavy atom. The van der Waals surface area contributed by atoms with Crippen LogP contribution in [0, 0.1) is 17.7 Å². The summed E-state index contributed by atoms with van der Waals surface area (Å²) in [5, 5.41) is 4.33. The molecule has 3 fully saturated rings. The predicted molar refractivity (Wildman–Crippen MR) is 158 cm³/mol. The Labute approximate surface area is 244 Å². The number of pyridine rings is 1. The van der Waals surface area contributed by atoms with Gasteiger partial charge in [0.15, 0.2) is 5.78 Å². The van der Waals surface area contributed by atoms with E-state index in [1.54, 1.807) is 24.7 Å². The number of nitrogens with zero attached hydrogens (tertiary/aromatic N) is 5. The maximum atomic E-state index is 14.7. The van der Waals surface area contributed by atoms with Crippen molar-refractivity contribution in [2.75, 3.05) is 13.1 Å². The summed E-state index contributed by atoms with van der Waals surface area (Å²) in [6.07, 6.45) is 13.2. The van der Waals surface area contributed by atoms with Crippen molar-refractivity contribution >= 4 is 22.6 Å². The van der Waals surface area contributed by atoms with Crippen LogP contribution in [0.3, 0.4) is 0 Å². The van der Waals surface area contributed by atoms with Crippen LogP contribution in [-0.2, 0) is 4.79 Å². The smallest absolute Gasteiger partial charge is 0.240 e. The number of halogens is 1. The van der Waals surface area contributed by atoms with Gasteiger partial charge in [-0.05, 0) is 68.2 Å². The highest BCUT2D eigenvalue weighted by Gasteiger charge is 2.44. The molecule has 3 atom stereocenters. The van der Waals surface area contributed by atoms with Crippen LogP contribution in [0.4, 0.5) is 4.39 Å². The highest BCUT2D eigenvalue weighted by Crippen LogP contribution is 2.38. The summed E-state index contributed by atoms with van der Waals surface area (Å²) >= 11 is 0. The first-order valence-electron chi connectivity index (χ1n) is 15.0. The van der Waals surface area contributed by atoms with E-state index in [1.165, 1.54) is 24.9 Å². The van der Waals surface area contributed by atoms with E-state index in [1.807, 2.05) is 35.6 Å². The molecule has 0 spiro atoms. The van der Waals surface area contributed by atoms with Crippen LogP contribution < -0.4 is 5.32 Å². The van der Waals surface area contributed by atoms with Gasteiger partial charge in [-0.1, -0.05) is 13.8 Å². The van der Waals surface area contributed by atoms with Crippen LogP contribution in [-0.4, -0.2) is 61.3 Å². The number of nitrogens with one attached hydrogen (secondary N) is 1. The third kappa shape index (κ3) is 4.60.